The van der Waals surface area contributed by atoms with E-state index in [-0.39, 0.29) is 48.6 Å². The predicted octanol–water partition coefficient (Wildman–Crippen LogP) is 10.7. The van der Waals surface area contributed by atoms with Crippen molar-refractivity contribution in [3.63, 3.8) is 0 Å². The summed E-state index contributed by atoms with van der Waals surface area (Å²) in [7, 11) is -14.8. The highest BCUT2D eigenvalue weighted by Gasteiger charge is 2.15. The summed E-state index contributed by atoms with van der Waals surface area (Å²) in [5, 5.41) is 11.9. The van der Waals surface area contributed by atoms with Gasteiger partial charge in [0.15, 0.2) is 0 Å². The van der Waals surface area contributed by atoms with Gasteiger partial charge in [-0.2, -0.15) is 25.3 Å². The van der Waals surface area contributed by atoms with Gasteiger partial charge in [0.25, 0.3) is 10.1 Å². The fraction of sp³-hybridized carbons (Fsp3) is 0.423. The van der Waals surface area contributed by atoms with Gasteiger partial charge >= 0.3 is 32.8 Å². The molecule has 120 heavy (non-hydrogen) atoms. The van der Waals surface area contributed by atoms with Crippen molar-refractivity contribution in [2.24, 2.45) is 11.5 Å². The molecule has 0 saturated carbocycles. The molecule has 0 atom stereocenters. The lowest BCUT2D eigenvalue weighted by molar-refractivity contribution is -0.136. The number of aliphatic carboxylic acids is 1. The topological polar surface area (TPSA) is 579 Å². The van der Waals surface area contributed by atoms with Crippen LogP contribution in [0.15, 0.2) is 132 Å². The van der Waals surface area contributed by atoms with Crippen LogP contribution in [0, 0.1) is 48.5 Å². The van der Waals surface area contributed by atoms with Gasteiger partial charge in [-0.05, 0) is 246 Å². The van der Waals surface area contributed by atoms with Gasteiger partial charge in [0.05, 0.1) is 41.4 Å². The van der Waals surface area contributed by atoms with E-state index in [0.717, 1.165) is 154 Å². The average Bonchev–Trinajstić information content (AvgIpc) is 0.833. The molecular formula is C78H129Cl3N16O19S4. The summed E-state index contributed by atoms with van der Waals surface area (Å²) in [5.74, 6) is -1.10. The molecular weight excluding hydrogens is 1700 g/mol. The number of nitrogens with zero attached hydrogens (tertiary/aromatic N) is 6. The summed E-state index contributed by atoms with van der Waals surface area (Å²) in [4.78, 5) is 44.5. The third kappa shape index (κ3) is 52.7. The number of urea groups is 1. The number of primary amides is 2. The lowest BCUT2D eigenvalue weighted by Crippen LogP contribution is -2.37. The number of carbonyl (C=O) groups is 3. The number of nitrogens with one attached hydrogen (secondary N) is 2. The van der Waals surface area contributed by atoms with Crippen LogP contribution in [-0.4, -0.2) is 198 Å². The third-order valence-corrected chi connectivity index (χ3v) is 18.9. The molecule has 7 rings (SSSR count). The highest BCUT2D eigenvalue weighted by Crippen LogP contribution is 2.32. The minimum absolute atomic E-state index is 0. The highest BCUT2D eigenvalue weighted by molar-refractivity contribution is 7.88. The second kappa shape index (κ2) is 60.2. The van der Waals surface area contributed by atoms with Gasteiger partial charge in [-0.25, -0.2) is 17.9 Å². The maximum absolute atomic E-state index is 11.0. The average molecular weight is 1830 g/mol. The zero-order chi connectivity index (χ0) is 91.0. The number of rotatable bonds is 31. The number of nitrogen functional groups attached to an aromatic ring is 6. The number of sulfonamides is 1. The van der Waals surface area contributed by atoms with Gasteiger partial charge in [0, 0.05) is 155 Å². The number of carbonyl (C=O) groups excluding carboxylic acids is 2. The molecule has 3 amide bonds. The van der Waals surface area contributed by atoms with E-state index in [1.165, 1.54) is 17.8 Å². The lowest BCUT2D eigenvalue weighted by Gasteiger charge is -2.24. The Bertz CT molecular complexity index is 4610. The van der Waals surface area contributed by atoms with Crippen LogP contribution in [0.3, 0.4) is 0 Å². The third-order valence-electron chi connectivity index (χ3n) is 16.8. The van der Waals surface area contributed by atoms with E-state index in [1.54, 1.807) is 19.2 Å². The van der Waals surface area contributed by atoms with E-state index in [9.17, 15) is 31.2 Å². The molecule has 0 unspecified atom stereocenters. The van der Waals surface area contributed by atoms with Crippen LogP contribution in [0.25, 0.3) is 0 Å². The van der Waals surface area contributed by atoms with Crippen LogP contribution in [0.2, 0.25) is 5.02 Å². The van der Waals surface area contributed by atoms with E-state index >= 15 is 0 Å². The van der Waals surface area contributed by atoms with Crippen LogP contribution in [0.1, 0.15) is 93.8 Å². The minimum Gasteiger partial charge on any atom is -0.481 e. The van der Waals surface area contributed by atoms with Gasteiger partial charge in [0.1, 0.15) is 6.73 Å². The minimum atomic E-state index is -4.67. The smallest absolute Gasteiger partial charge is 0.394 e. The van der Waals surface area contributed by atoms with Crippen molar-refractivity contribution in [3.05, 3.63) is 171 Å². The summed E-state index contributed by atoms with van der Waals surface area (Å²) in [6.45, 7) is 39.0. The Morgan fingerprint density at radius 2 is 0.775 bits per heavy atom. The van der Waals surface area contributed by atoms with Gasteiger partial charge in [-0.15, -0.1) is 24.8 Å². The zero-order valence-corrected chi connectivity index (χ0v) is 76.9. The highest BCUT2D eigenvalue weighted by atomic mass is 35.5. The number of halogens is 3. The first-order chi connectivity index (χ1) is 54.8. The van der Waals surface area contributed by atoms with Crippen molar-refractivity contribution in [2.75, 3.05) is 182 Å². The Balaban J connectivity index is -0.000000641. The Hall–Kier alpha value is -9.30. The molecule has 0 aromatic heterocycles. The first kappa shape index (κ1) is 117. The number of hydrogen-bond donors (Lipinski definition) is 16. The monoisotopic (exact) mass is 1830 g/mol. The number of nitrogens with two attached hydrogens (primary N) is 8. The Labute approximate surface area is 727 Å². The van der Waals surface area contributed by atoms with Crippen molar-refractivity contribution in [1.29, 1.82) is 0 Å². The van der Waals surface area contributed by atoms with Crippen molar-refractivity contribution in [1.82, 2.24) is 10.0 Å². The van der Waals surface area contributed by atoms with Crippen LogP contribution in [-0.2, 0) is 60.0 Å². The number of likely N-dealkylation sites (N-methyl/N-ethyl adjacent to an activating group) is 3. The Kier molecular flexibility index (Phi) is 58.7. The molecule has 680 valence electrons. The van der Waals surface area contributed by atoms with E-state index in [0.29, 0.717) is 56.8 Å². The largest absolute Gasteiger partial charge is 0.481 e. The summed E-state index contributed by atoms with van der Waals surface area (Å²) < 4.78 is 128. The molecule has 0 aliphatic heterocycles. The fourth-order valence-corrected chi connectivity index (χ4v) is 11.3. The van der Waals surface area contributed by atoms with Crippen molar-refractivity contribution in [2.45, 2.75) is 108 Å². The molecule has 0 heterocycles. The molecule has 0 radical (unpaired) electrons. The molecule has 0 aliphatic rings. The molecule has 0 aliphatic carbocycles. The fourth-order valence-electron chi connectivity index (χ4n) is 10.2. The number of benzene rings is 7. The van der Waals surface area contributed by atoms with Crippen LogP contribution in [0.5, 0.6) is 0 Å². The number of aryl methyl sites for hydroxylation is 6. The summed E-state index contributed by atoms with van der Waals surface area (Å²) in [6.07, 6.45) is 1.31. The SMILES string of the molecule is CCN(CC(N)=O)c1ccc(N)c(C)c1.CCN(CC)c1ccc(N)c(Cl)c1C.CCN(CCC(=O)O)c1ccc(N)c(C)c1.CCN(CCNC(N)=O)c1ccc(N)c(C)c1.CCN(CCNS(C)(=O)=O)c1ccc(N)c(C)c1.CCOCN(CCOC)c1ccc(N)c(C)c1.Cc1ccc(S(=O)(=O)O)cc1.Cl.Cl.O=S(=O)(O)O.O=S(=O)(O)O. The molecule has 0 bridgehead atoms. The molecule has 42 heteroatoms. The molecule has 0 saturated heterocycles. The number of methoxy groups -OCH3 is 1. The second-order valence-electron chi connectivity index (χ2n) is 25.9. The molecule has 0 spiro atoms. The number of amides is 3. The molecule has 35 nitrogen and oxygen atoms in total. The number of anilines is 12. The van der Waals surface area contributed by atoms with Crippen molar-refractivity contribution < 1.29 is 85.4 Å². The van der Waals surface area contributed by atoms with Crippen LogP contribution < -0.4 is 85.3 Å². The summed E-state index contributed by atoms with van der Waals surface area (Å²) >= 11 is 6.09. The Morgan fingerprint density at radius 3 is 1.07 bits per heavy atom. The number of carboxylic acid groups (broad SMARTS) is 1. The van der Waals surface area contributed by atoms with E-state index in [4.69, 9.17) is 112 Å². The first-order valence-electron chi connectivity index (χ1n) is 37.1. The van der Waals surface area contributed by atoms with Gasteiger partial charge in [-0.1, -0.05) is 29.3 Å². The molecule has 24 N–H and O–H groups in total. The molecule has 7 aromatic rings. The molecule has 0 fully saturated rings. The summed E-state index contributed by atoms with van der Waals surface area (Å²) in [5.41, 5.74) is 63.0. The zero-order valence-electron chi connectivity index (χ0n) is 71.3. The predicted molar refractivity (Wildman–Crippen MR) is 495 cm³/mol. The lowest BCUT2D eigenvalue weighted by atomic mass is 10.1. The number of hydrogen-bond acceptors (Lipinski definition) is 25. The van der Waals surface area contributed by atoms with Gasteiger partial charge < -0.3 is 95.2 Å². The van der Waals surface area contributed by atoms with E-state index < -0.39 is 52.9 Å². The Morgan fingerprint density at radius 1 is 0.450 bits per heavy atom. The van der Waals surface area contributed by atoms with Crippen LogP contribution >= 0.6 is 36.4 Å². The number of ether oxygens (including phenoxy) is 2. The normalized spacial score (nSPS) is 10.4. The number of carboxylic acids is 1. The van der Waals surface area contributed by atoms with Crippen LogP contribution in [0.4, 0.5) is 73.0 Å². The molecule has 7 aromatic carbocycles. The quantitative estimate of drug-likeness (QED) is 0.0109. The van der Waals surface area contributed by atoms with Gasteiger partial charge in [0.2, 0.25) is 15.9 Å². The van der Waals surface area contributed by atoms with Crippen molar-refractivity contribution >= 4 is 164 Å². The van der Waals surface area contributed by atoms with Gasteiger partial charge in [-0.3, -0.25) is 32.4 Å². The maximum atomic E-state index is 11.0. The maximum Gasteiger partial charge on any atom is 0.394 e. The van der Waals surface area contributed by atoms with Crippen molar-refractivity contribution in [3.8, 4) is 0 Å². The van der Waals surface area contributed by atoms with E-state index in [2.05, 4.69) is 56.5 Å². The summed E-state index contributed by atoms with van der Waals surface area (Å²) in [6, 6.07) is 38.6. The second-order valence-corrected chi connectivity index (χ2v) is 31.3. The van der Waals surface area contributed by atoms with E-state index in [1.807, 2.05) is 183 Å². The standard InChI is InChI=1S/C13H22N2O2.C12H20N4O.C12H21N3O2S.C12H18N2O2.C11H17ClN2.C11H17N3O.C7H8O3S.2ClH.2H2O4S/c1-4-17-10-15(7-8-16-3)12-5-6-13(14)11(2)9-12;1-3-16(7-6-15-12(14)17)10-4-5-11(13)9(2)8-10;1-4-15(8-7-14-18(3,16)17)11-5-6-12(13)10(2)9-11;1-3-14(7-6-12(15)16)10-4-5-11(13)9(2)8-10;1-4-14(5-2)10-7-6-9(13)11(12)8(10)3;1-3-14(7-11(13)15)9-4-5-10(12)8(2)6-9;1-6-2-4-7(5-3-6)11(8,9)10;;;2*1-5(2,3)4/h5-6,9H,4,7-8,10,14H2,1-3H3;4-5,8H,3,6-7,13H2,1-2H3,(H3,14,15,17);5-6,9,14H,4,7-8,13H2,1-3H3;4-5,8H,3,6-7,13H2,1-2H3,(H,15,16);6-7H,4-5,13H2,1-3H3;4-6H,3,7,12H2,1-2H3,(H2,13,15);2-5H,1H3,(H,8,9,10);2*1H;2*(H2,1,2,3,4). The first-order valence-corrected chi connectivity index (χ1v) is 43.6.